The minimum absolute atomic E-state index is 0.215. The molecule has 0 bridgehead atoms. The Hall–Kier alpha value is -1.38. The largest absolute Gasteiger partial charge is 0.481 e. The van der Waals surface area contributed by atoms with Gasteiger partial charge < -0.3 is 5.11 Å². The van der Waals surface area contributed by atoms with E-state index >= 15 is 0 Å². The van der Waals surface area contributed by atoms with Crippen LogP contribution in [0, 0.1) is 5.82 Å². The summed E-state index contributed by atoms with van der Waals surface area (Å²) in [7, 11) is 0. The Morgan fingerprint density at radius 2 is 2.21 bits per heavy atom. The molecule has 0 saturated heterocycles. The highest BCUT2D eigenvalue weighted by Gasteiger charge is 2.33. The fraction of sp³-hybridized carbons (Fsp3) is 0.364. The molecular formula is C11H11FO2. The van der Waals surface area contributed by atoms with Gasteiger partial charge in [-0.3, -0.25) is 4.79 Å². The molecule has 0 saturated carbocycles. The van der Waals surface area contributed by atoms with Gasteiger partial charge in [0.15, 0.2) is 0 Å². The Morgan fingerprint density at radius 3 is 2.86 bits per heavy atom. The van der Waals surface area contributed by atoms with Crippen LogP contribution < -0.4 is 0 Å². The highest BCUT2D eigenvalue weighted by Crippen LogP contribution is 2.41. The monoisotopic (exact) mass is 194 g/mol. The van der Waals surface area contributed by atoms with Crippen LogP contribution in [0.25, 0.3) is 0 Å². The molecule has 1 aliphatic carbocycles. The maximum absolute atomic E-state index is 12.9. The van der Waals surface area contributed by atoms with Crippen LogP contribution >= 0.6 is 0 Å². The average molecular weight is 194 g/mol. The molecule has 0 aromatic heterocycles. The van der Waals surface area contributed by atoms with E-state index in [1.807, 2.05) is 6.92 Å². The van der Waals surface area contributed by atoms with E-state index in [9.17, 15) is 9.18 Å². The van der Waals surface area contributed by atoms with Crippen LogP contribution in [0.15, 0.2) is 18.2 Å². The summed E-state index contributed by atoms with van der Waals surface area (Å²) in [4.78, 5) is 10.9. The molecule has 2 unspecified atom stereocenters. The summed E-state index contributed by atoms with van der Waals surface area (Å²) in [5, 5.41) is 8.95. The first-order valence-corrected chi connectivity index (χ1v) is 4.61. The first-order valence-electron chi connectivity index (χ1n) is 4.61. The highest BCUT2D eigenvalue weighted by atomic mass is 19.1. The minimum Gasteiger partial charge on any atom is -0.481 e. The van der Waals surface area contributed by atoms with Crippen LogP contribution in [0.4, 0.5) is 4.39 Å². The quantitative estimate of drug-likeness (QED) is 0.745. The second-order valence-corrected chi connectivity index (χ2v) is 3.80. The van der Waals surface area contributed by atoms with Gasteiger partial charge in [0, 0.05) is 0 Å². The molecule has 14 heavy (non-hydrogen) atoms. The molecule has 3 heteroatoms. The molecule has 2 rings (SSSR count). The molecule has 0 spiro atoms. The van der Waals surface area contributed by atoms with E-state index in [2.05, 4.69) is 0 Å². The van der Waals surface area contributed by atoms with E-state index in [-0.39, 0.29) is 11.7 Å². The molecule has 0 heterocycles. The number of carboxylic acids is 1. The van der Waals surface area contributed by atoms with Gasteiger partial charge in [0.2, 0.25) is 0 Å². The van der Waals surface area contributed by atoms with Gasteiger partial charge in [-0.25, -0.2) is 4.39 Å². The molecule has 2 nitrogen and oxygen atoms in total. The number of hydrogen-bond donors (Lipinski definition) is 1. The van der Waals surface area contributed by atoms with Crippen molar-refractivity contribution < 1.29 is 14.3 Å². The van der Waals surface area contributed by atoms with E-state index in [1.54, 1.807) is 6.07 Å². The number of carboxylic acid groups (broad SMARTS) is 1. The number of hydrogen-bond acceptors (Lipinski definition) is 1. The molecule has 0 amide bonds. The Balaban J connectivity index is 2.51. The Kier molecular flexibility index (Phi) is 2.02. The highest BCUT2D eigenvalue weighted by molar-refractivity contribution is 5.78. The topological polar surface area (TPSA) is 37.3 Å². The molecule has 0 radical (unpaired) electrons. The lowest BCUT2D eigenvalue weighted by Gasteiger charge is -2.04. The van der Waals surface area contributed by atoms with Gasteiger partial charge >= 0.3 is 5.97 Å². The van der Waals surface area contributed by atoms with Gasteiger partial charge in [0.05, 0.1) is 5.92 Å². The van der Waals surface area contributed by atoms with Crippen LogP contribution in [0.1, 0.15) is 36.3 Å². The molecular weight excluding hydrogens is 183 g/mol. The van der Waals surface area contributed by atoms with Crippen molar-refractivity contribution in [2.24, 2.45) is 0 Å². The lowest BCUT2D eigenvalue weighted by Crippen LogP contribution is -2.08. The fourth-order valence-corrected chi connectivity index (χ4v) is 2.14. The number of rotatable bonds is 1. The van der Waals surface area contributed by atoms with Crippen molar-refractivity contribution >= 4 is 5.97 Å². The first-order chi connectivity index (χ1) is 6.59. The third-order valence-electron chi connectivity index (χ3n) is 2.84. The maximum Gasteiger partial charge on any atom is 0.311 e. The third kappa shape index (κ3) is 1.29. The zero-order valence-corrected chi connectivity index (χ0v) is 7.83. The molecule has 1 aliphatic rings. The Morgan fingerprint density at radius 1 is 1.50 bits per heavy atom. The third-order valence-corrected chi connectivity index (χ3v) is 2.84. The summed E-state index contributed by atoms with van der Waals surface area (Å²) in [6.07, 6.45) is 0.578. The van der Waals surface area contributed by atoms with Crippen molar-refractivity contribution in [2.45, 2.75) is 25.2 Å². The molecule has 0 aliphatic heterocycles. The van der Waals surface area contributed by atoms with Gasteiger partial charge in [-0.15, -0.1) is 0 Å². The van der Waals surface area contributed by atoms with Crippen LogP contribution in [0.5, 0.6) is 0 Å². The van der Waals surface area contributed by atoms with E-state index < -0.39 is 11.9 Å². The van der Waals surface area contributed by atoms with Crippen LogP contribution in [0.3, 0.4) is 0 Å². The lowest BCUT2D eigenvalue weighted by molar-refractivity contribution is -0.138. The fourth-order valence-electron chi connectivity index (χ4n) is 2.14. The van der Waals surface area contributed by atoms with E-state index in [4.69, 9.17) is 5.11 Å². The molecule has 0 fully saturated rings. The van der Waals surface area contributed by atoms with E-state index in [0.29, 0.717) is 12.0 Å². The van der Waals surface area contributed by atoms with Crippen LogP contribution in [0.2, 0.25) is 0 Å². The van der Waals surface area contributed by atoms with E-state index in [1.165, 1.54) is 12.1 Å². The number of aliphatic carboxylic acids is 1. The second-order valence-electron chi connectivity index (χ2n) is 3.80. The zero-order valence-electron chi connectivity index (χ0n) is 7.83. The predicted molar refractivity (Wildman–Crippen MR) is 49.8 cm³/mol. The maximum atomic E-state index is 12.9. The van der Waals surface area contributed by atoms with Gasteiger partial charge in [-0.1, -0.05) is 13.0 Å². The summed E-state index contributed by atoms with van der Waals surface area (Å²) >= 11 is 0. The van der Waals surface area contributed by atoms with Gasteiger partial charge in [0.25, 0.3) is 0 Å². The van der Waals surface area contributed by atoms with Crippen LogP contribution in [-0.4, -0.2) is 11.1 Å². The van der Waals surface area contributed by atoms with Crippen molar-refractivity contribution in [1.82, 2.24) is 0 Å². The predicted octanol–water partition coefficient (Wildman–Crippen LogP) is 2.50. The second kappa shape index (κ2) is 3.08. The summed E-state index contributed by atoms with van der Waals surface area (Å²) in [5.41, 5.74) is 1.61. The normalized spacial score (nSPS) is 24.7. The smallest absolute Gasteiger partial charge is 0.311 e. The zero-order chi connectivity index (χ0) is 10.3. The van der Waals surface area contributed by atoms with Crippen molar-refractivity contribution in [3.05, 3.63) is 35.1 Å². The summed E-state index contributed by atoms with van der Waals surface area (Å²) in [6.45, 7) is 1.97. The Labute approximate surface area is 81.4 Å². The SMILES string of the molecule is CC1CC(C(=O)O)c2cc(F)ccc21. The van der Waals surface area contributed by atoms with Gasteiger partial charge in [-0.05, 0) is 35.6 Å². The first kappa shape index (κ1) is 9.19. The Bertz CT molecular complexity index is 387. The summed E-state index contributed by atoms with van der Waals surface area (Å²) < 4.78 is 12.9. The molecule has 1 N–H and O–H groups in total. The number of benzene rings is 1. The standard InChI is InChI=1S/C11H11FO2/c1-6-4-10(11(13)14)9-5-7(12)2-3-8(6)9/h2-3,5-6,10H,4H2,1H3,(H,13,14). The summed E-state index contributed by atoms with van der Waals surface area (Å²) in [5.74, 6) is -1.53. The molecule has 1 aromatic rings. The minimum atomic E-state index is -0.860. The lowest BCUT2D eigenvalue weighted by atomic mass is 10.0. The van der Waals surface area contributed by atoms with Crippen molar-refractivity contribution in [3.8, 4) is 0 Å². The number of halogens is 1. The van der Waals surface area contributed by atoms with Gasteiger partial charge in [0.1, 0.15) is 5.82 Å². The van der Waals surface area contributed by atoms with Crippen LogP contribution in [-0.2, 0) is 4.79 Å². The van der Waals surface area contributed by atoms with E-state index in [0.717, 1.165) is 5.56 Å². The van der Waals surface area contributed by atoms with Crippen molar-refractivity contribution in [3.63, 3.8) is 0 Å². The molecule has 1 aromatic carbocycles. The number of fused-ring (bicyclic) bond motifs is 1. The van der Waals surface area contributed by atoms with Gasteiger partial charge in [-0.2, -0.15) is 0 Å². The number of carbonyl (C=O) groups is 1. The molecule has 74 valence electrons. The average Bonchev–Trinajstić information content (AvgIpc) is 2.43. The summed E-state index contributed by atoms with van der Waals surface area (Å²) in [6, 6.07) is 4.43. The van der Waals surface area contributed by atoms with Crippen molar-refractivity contribution in [1.29, 1.82) is 0 Å². The molecule has 2 atom stereocenters. The van der Waals surface area contributed by atoms with Crippen molar-refractivity contribution in [2.75, 3.05) is 0 Å².